The van der Waals surface area contributed by atoms with Crippen molar-refractivity contribution in [1.29, 1.82) is 0 Å². The molecule has 3 aromatic carbocycles. The summed E-state index contributed by atoms with van der Waals surface area (Å²) in [6, 6.07) is 21.3. The van der Waals surface area contributed by atoms with Crippen molar-refractivity contribution in [2.45, 2.75) is 55.6 Å². The van der Waals surface area contributed by atoms with Crippen LogP contribution in [0.5, 0.6) is 0 Å². The first kappa shape index (κ1) is 25.7. The molecule has 1 aromatic heterocycles. The molecule has 1 N–H and O–H groups in total. The van der Waals surface area contributed by atoms with Crippen molar-refractivity contribution in [2.24, 2.45) is 0 Å². The van der Waals surface area contributed by atoms with E-state index in [-0.39, 0.29) is 23.2 Å². The smallest absolute Gasteiger partial charge is 0.269 e. The first-order chi connectivity index (χ1) is 18.5. The van der Waals surface area contributed by atoms with Crippen molar-refractivity contribution in [3.8, 4) is 0 Å². The quantitative estimate of drug-likeness (QED) is 0.129. The van der Waals surface area contributed by atoms with Crippen LogP contribution >= 0.6 is 11.8 Å². The van der Waals surface area contributed by atoms with E-state index in [9.17, 15) is 19.7 Å². The van der Waals surface area contributed by atoms with Gasteiger partial charge in [-0.05, 0) is 42.2 Å². The molecule has 1 heterocycles. The number of nitro benzene ring substituents is 1. The van der Waals surface area contributed by atoms with Gasteiger partial charge in [0.25, 0.3) is 17.2 Å². The summed E-state index contributed by atoms with van der Waals surface area (Å²) in [5.74, 6) is 0.198. The Bertz CT molecular complexity index is 1530. The highest BCUT2D eigenvalue weighted by Crippen LogP contribution is 2.32. The van der Waals surface area contributed by atoms with Crippen molar-refractivity contribution in [2.75, 3.05) is 0 Å². The number of hydrogen-bond donors (Lipinski definition) is 1. The molecule has 0 saturated heterocycles. The minimum atomic E-state index is -0.412. The van der Waals surface area contributed by atoms with Gasteiger partial charge in [-0.1, -0.05) is 73.5 Å². The molecule has 4 aromatic rings. The molecular weight excluding hydrogens is 500 g/mol. The van der Waals surface area contributed by atoms with Crippen LogP contribution in [0.1, 0.15) is 59.6 Å². The number of non-ortho nitro benzene ring substituents is 1. The lowest BCUT2D eigenvalue weighted by atomic mass is 9.95. The van der Waals surface area contributed by atoms with Crippen molar-refractivity contribution in [3.63, 3.8) is 0 Å². The zero-order chi connectivity index (χ0) is 26.5. The van der Waals surface area contributed by atoms with Crippen LogP contribution in [0.4, 0.5) is 5.69 Å². The second-order valence-corrected chi connectivity index (χ2v) is 10.4. The Hall–Kier alpha value is -3.98. The molecule has 0 bridgehead atoms. The number of carbonyl (C=O) groups excluding carboxylic acids is 1. The van der Waals surface area contributed by atoms with Crippen molar-refractivity contribution < 1.29 is 9.72 Å². The van der Waals surface area contributed by atoms with E-state index < -0.39 is 4.92 Å². The van der Waals surface area contributed by atoms with Crippen LogP contribution in [0, 0.1) is 10.1 Å². The third-order valence-corrected chi connectivity index (χ3v) is 7.88. The lowest BCUT2D eigenvalue weighted by Gasteiger charge is -2.26. The molecule has 194 valence electrons. The number of hydrogen-bond acceptors (Lipinski definition) is 6. The Labute approximate surface area is 224 Å². The molecule has 8 nitrogen and oxygen atoms in total. The molecule has 0 unspecified atom stereocenters. The molecule has 5 rings (SSSR count). The number of benzene rings is 3. The van der Waals surface area contributed by atoms with Crippen LogP contribution in [-0.4, -0.2) is 20.4 Å². The summed E-state index contributed by atoms with van der Waals surface area (Å²) in [5.41, 5.74) is 2.60. The molecule has 1 aliphatic carbocycles. The van der Waals surface area contributed by atoms with Gasteiger partial charge < -0.3 is 5.32 Å². The van der Waals surface area contributed by atoms with Gasteiger partial charge in [-0.15, -0.1) is 0 Å². The maximum absolute atomic E-state index is 13.7. The fraction of sp³-hybridized carbons (Fsp3) is 0.276. The van der Waals surface area contributed by atoms with Crippen LogP contribution < -0.4 is 10.9 Å². The van der Waals surface area contributed by atoms with E-state index in [1.807, 2.05) is 36.4 Å². The molecular formula is C29H28N4O4S. The highest BCUT2D eigenvalue weighted by molar-refractivity contribution is 7.98. The Balaban J connectivity index is 1.46. The summed E-state index contributed by atoms with van der Waals surface area (Å²) in [4.78, 5) is 42.2. The van der Waals surface area contributed by atoms with Gasteiger partial charge in [0, 0.05) is 36.0 Å². The first-order valence-corrected chi connectivity index (χ1v) is 13.7. The fourth-order valence-corrected chi connectivity index (χ4v) is 5.88. The summed E-state index contributed by atoms with van der Waals surface area (Å²) >= 11 is 1.39. The number of fused-ring (bicyclic) bond motifs is 1. The van der Waals surface area contributed by atoms with Gasteiger partial charge in [-0.3, -0.25) is 24.3 Å². The monoisotopic (exact) mass is 528 g/mol. The number of amides is 1. The molecule has 0 radical (unpaired) electrons. The van der Waals surface area contributed by atoms with Crippen LogP contribution in [0.2, 0.25) is 0 Å². The summed E-state index contributed by atoms with van der Waals surface area (Å²) in [7, 11) is 0. The molecule has 0 atom stereocenters. The number of aromatic nitrogens is 2. The normalized spacial score (nSPS) is 13.9. The summed E-state index contributed by atoms with van der Waals surface area (Å²) in [6.45, 7) is 0.402. The molecule has 0 spiro atoms. The van der Waals surface area contributed by atoms with E-state index in [1.54, 1.807) is 34.9 Å². The van der Waals surface area contributed by atoms with Gasteiger partial charge in [-0.25, -0.2) is 4.98 Å². The van der Waals surface area contributed by atoms with Gasteiger partial charge in [0.15, 0.2) is 5.16 Å². The molecule has 38 heavy (non-hydrogen) atoms. The Morgan fingerprint density at radius 1 is 1.00 bits per heavy atom. The number of nitrogens with one attached hydrogen (secondary N) is 1. The number of nitro groups is 1. The van der Waals surface area contributed by atoms with Crippen molar-refractivity contribution in [1.82, 2.24) is 14.9 Å². The van der Waals surface area contributed by atoms with Gasteiger partial charge in [0.1, 0.15) is 0 Å². The zero-order valence-electron chi connectivity index (χ0n) is 20.8. The van der Waals surface area contributed by atoms with Crippen LogP contribution in [0.25, 0.3) is 10.9 Å². The minimum Gasteiger partial charge on any atom is -0.348 e. The number of carbonyl (C=O) groups is 1. The molecule has 1 aliphatic rings. The maximum Gasteiger partial charge on any atom is 0.269 e. The lowest BCUT2D eigenvalue weighted by Crippen LogP contribution is -2.29. The number of thioether (sulfide) groups is 1. The molecule has 1 amide bonds. The van der Waals surface area contributed by atoms with Gasteiger partial charge in [0.05, 0.1) is 15.8 Å². The average molecular weight is 529 g/mol. The lowest BCUT2D eigenvalue weighted by molar-refractivity contribution is -0.384. The summed E-state index contributed by atoms with van der Waals surface area (Å²) < 4.78 is 1.80. The largest absolute Gasteiger partial charge is 0.348 e. The van der Waals surface area contributed by atoms with Crippen LogP contribution in [-0.2, 0) is 12.3 Å². The molecule has 1 saturated carbocycles. The molecule has 1 fully saturated rings. The van der Waals surface area contributed by atoms with Crippen LogP contribution in [0.3, 0.4) is 0 Å². The Morgan fingerprint density at radius 2 is 1.76 bits per heavy atom. The van der Waals surface area contributed by atoms with E-state index in [0.29, 0.717) is 33.9 Å². The summed E-state index contributed by atoms with van der Waals surface area (Å²) in [5, 5.41) is 15.2. The maximum atomic E-state index is 13.7. The minimum absolute atomic E-state index is 0.0328. The predicted molar refractivity (Wildman–Crippen MR) is 148 cm³/mol. The SMILES string of the molecule is O=C(NCc1ccccc1)c1ccc2c(=O)n(C3CCCCC3)c(SCc3cccc([N+](=O)[O-])c3)nc2c1. The zero-order valence-corrected chi connectivity index (χ0v) is 21.7. The van der Waals surface area contributed by atoms with E-state index in [4.69, 9.17) is 4.98 Å². The van der Waals surface area contributed by atoms with Crippen molar-refractivity contribution in [3.05, 3.63) is 110 Å². The Morgan fingerprint density at radius 3 is 2.53 bits per heavy atom. The van der Waals surface area contributed by atoms with Crippen LogP contribution in [0.15, 0.2) is 82.7 Å². The topological polar surface area (TPSA) is 107 Å². The van der Waals surface area contributed by atoms with Gasteiger partial charge in [0.2, 0.25) is 0 Å². The number of nitrogens with zero attached hydrogens (tertiary/aromatic N) is 3. The summed E-state index contributed by atoms with van der Waals surface area (Å²) in [6.07, 6.45) is 5.11. The van der Waals surface area contributed by atoms with E-state index in [2.05, 4.69) is 5.32 Å². The molecule has 0 aliphatic heterocycles. The van der Waals surface area contributed by atoms with Gasteiger partial charge in [-0.2, -0.15) is 0 Å². The standard InChI is InChI=1S/C29H28N4O4S/c34-27(30-18-20-8-3-1-4-9-20)22-14-15-25-26(17-22)31-29(32(28(25)35)23-11-5-2-6-12-23)38-19-21-10-7-13-24(16-21)33(36)37/h1,3-4,7-10,13-17,23H,2,5-6,11-12,18-19H2,(H,30,34). The second-order valence-electron chi connectivity index (χ2n) is 9.48. The third-order valence-electron chi connectivity index (χ3n) is 6.86. The highest BCUT2D eigenvalue weighted by Gasteiger charge is 2.22. The molecule has 9 heteroatoms. The van der Waals surface area contributed by atoms with E-state index in [1.165, 1.54) is 17.8 Å². The predicted octanol–water partition coefficient (Wildman–Crippen LogP) is 6.03. The average Bonchev–Trinajstić information content (AvgIpc) is 2.95. The Kier molecular flexibility index (Phi) is 7.83. The van der Waals surface area contributed by atoms with E-state index >= 15 is 0 Å². The first-order valence-electron chi connectivity index (χ1n) is 12.7. The van der Waals surface area contributed by atoms with Crippen molar-refractivity contribution >= 4 is 34.3 Å². The third kappa shape index (κ3) is 5.78. The number of rotatable bonds is 8. The second kappa shape index (κ2) is 11.6. The van der Waals surface area contributed by atoms with E-state index in [0.717, 1.165) is 43.2 Å². The highest BCUT2D eigenvalue weighted by atomic mass is 32.2. The van der Waals surface area contributed by atoms with Gasteiger partial charge >= 0.3 is 0 Å². The fourth-order valence-electron chi connectivity index (χ4n) is 4.87.